The molecule has 1 atom stereocenters. The predicted octanol–water partition coefficient (Wildman–Crippen LogP) is 2.04. The van der Waals surface area contributed by atoms with E-state index in [9.17, 15) is 0 Å². The fourth-order valence-corrected chi connectivity index (χ4v) is 2.23. The Morgan fingerprint density at radius 3 is 2.67 bits per heavy atom. The smallest absolute Gasteiger partial charge is 0.0450 e. The van der Waals surface area contributed by atoms with E-state index in [1.165, 1.54) is 11.1 Å². The third-order valence-electron chi connectivity index (χ3n) is 3.03. The van der Waals surface area contributed by atoms with Crippen LogP contribution in [0.3, 0.4) is 0 Å². The summed E-state index contributed by atoms with van der Waals surface area (Å²) in [6.07, 6.45) is 0. The van der Waals surface area contributed by atoms with Gasteiger partial charge in [-0.15, -0.1) is 0 Å². The molecule has 0 aliphatic carbocycles. The maximum atomic E-state index is 3.57. The van der Waals surface area contributed by atoms with Gasteiger partial charge in [-0.1, -0.05) is 38.1 Å². The van der Waals surface area contributed by atoms with Crippen LogP contribution in [0.5, 0.6) is 0 Å². The molecular formula is C13H20N2. The van der Waals surface area contributed by atoms with Crippen molar-refractivity contribution >= 4 is 0 Å². The highest BCUT2D eigenvalue weighted by Crippen LogP contribution is 2.24. The number of rotatable bonds is 2. The molecule has 15 heavy (non-hydrogen) atoms. The summed E-state index contributed by atoms with van der Waals surface area (Å²) in [5.41, 5.74) is 2.93. The van der Waals surface area contributed by atoms with E-state index in [0.29, 0.717) is 12.0 Å². The maximum Gasteiger partial charge on any atom is 0.0450 e. The minimum Gasteiger partial charge on any atom is -0.314 e. The third kappa shape index (κ3) is 2.39. The molecule has 1 saturated heterocycles. The summed E-state index contributed by atoms with van der Waals surface area (Å²) in [5, 5.41) is 7.01. The Hall–Kier alpha value is -0.860. The second kappa shape index (κ2) is 4.77. The fourth-order valence-electron chi connectivity index (χ4n) is 2.23. The van der Waals surface area contributed by atoms with E-state index in [-0.39, 0.29) is 0 Å². The van der Waals surface area contributed by atoms with Crippen LogP contribution in [0.2, 0.25) is 0 Å². The van der Waals surface area contributed by atoms with Gasteiger partial charge in [-0.25, -0.2) is 0 Å². The first-order chi connectivity index (χ1) is 7.29. The summed E-state index contributed by atoms with van der Waals surface area (Å²) in [5.74, 6) is 0.602. The Balaban J connectivity index is 2.25. The van der Waals surface area contributed by atoms with Gasteiger partial charge in [-0.2, -0.15) is 0 Å². The molecule has 2 nitrogen and oxygen atoms in total. The van der Waals surface area contributed by atoms with Crippen molar-refractivity contribution in [1.29, 1.82) is 0 Å². The van der Waals surface area contributed by atoms with Crippen LogP contribution >= 0.6 is 0 Å². The van der Waals surface area contributed by atoms with Crippen LogP contribution in [0.4, 0.5) is 0 Å². The lowest BCUT2D eigenvalue weighted by Crippen LogP contribution is -2.43. The molecule has 1 aromatic rings. The van der Waals surface area contributed by atoms with Crippen LogP contribution in [0.1, 0.15) is 36.9 Å². The van der Waals surface area contributed by atoms with Crippen molar-refractivity contribution in [3.05, 3.63) is 35.4 Å². The zero-order chi connectivity index (χ0) is 10.7. The van der Waals surface area contributed by atoms with Gasteiger partial charge in [0.1, 0.15) is 0 Å². The lowest BCUT2D eigenvalue weighted by Gasteiger charge is -2.27. The first-order valence-electron chi connectivity index (χ1n) is 5.82. The summed E-state index contributed by atoms with van der Waals surface area (Å²) < 4.78 is 0. The summed E-state index contributed by atoms with van der Waals surface area (Å²) >= 11 is 0. The highest BCUT2D eigenvalue weighted by atomic mass is 15.1. The Labute approximate surface area is 92.1 Å². The SMILES string of the molecule is CC(C)c1ccccc1[C@H]1CNCCN1. The molecule has 0 spiro atoms. The molecule has 2 heteroatoms. The van der Waals surface area contributed by atoms with Gasteiger partial charge >= 0.3 is 0 Å². The highest BCUT2D eigenvalue weighted by molar-refractivity contribution is 5.32. The van der Waals surface area contributed by atoms with Crippen LogP contribution in [0, 0.1) is 0 Å². The lowest BCUT2D eigenvalue weighted by molar-refractivity contribution is 0.427. The molecule has 1 aliphatic heterocycles. The first kappa shape index (κ1) is 10.7. The van der Waals surface area contributed by atoms with Crippen LogP contribution in [-0.2, 0) is 0 Å². The van der Waals surface area contributed by atoms with Gasteiger partial charge in [-0.05, 0) is 17.0 Å². The molecule has 0 saturated carbocycles. The molecular weight excluding hydrogens is 184 g/mol. The van der Waals surface area contributed by atoms with E-state index in [4.69, 9.17) is 0 Å². The molecule has 2 rings (SSSR count). The third-order valence-corrected chi connectivity index (χ3v) is 3.03. The molecule has 0 amide bonds. The monoisotopic (exact) mass is 204 g/mol. The van der Waals surface area contributed by atoms with Gasteiger partial charge in [0.2, 0.25) is 0 Å². The maximum absolute atomic E-state index is 3.57. The molecule has 1 fully saturated rings. The Kier molecular flexibility index (Phi) is 3.39. The molecule has 2 N–H and O–H groups in total. The fraction of sp³-hybridized carbons (Fsp3) is 0.538. The number of nitrogens with one attached hydrogen (secondary N) is 2. The van der Waals surface area contributed by atoms with Gasteiger partial charge in [-0.3, -0.25) is 0 Å². The number of piperazine rings is 1. The van der Waals surface area contributed by atoms with Crippen molar-refractivity contribution in [2.75, 3.05) is 19.6 Å². The first-order valence-corrected chi connectivity index (χ1v) is 5.82. The number of hydrogen-bond donors (Lipinski definition) is 2. The normalized spacial score (nSPS) is 21.9. The largest absolute Gasteiger partial charge is 0.314 e. The van der Waals surface area contributed by atoms with Gasteiger partial charge in [0, 0.05) is 25.7 Å². The van der Waals surface area contributed by atoms with Crippen molar-refractivity contribution in [2.24, 2.45) is 0 Å². The zero-order valence-corrected chi connectivity index (χ0v) is 9.59. The topological polar surface area (TPSA) is 24.1 Å². The molecule has 1 aliphatic rings. The van der Waals surface area contributed by atoms with Crippen molar-refractivity contribution in [1.82, 2.24) is 10.6 Å². The number of benzene rings is 1. The summed E-state index contributed by atoms with van der Waals surface area (Å²) in [6, 6.07) is 9.25. The van der Waals surface area contributed by atoms with Crippen LogP contribution in [-0.4, -0.2) is 19.6 Å². The Morgan fingerprint density at radius 1 is 1.20 bits per heavy atom. The highest BCUT2D eigenvalue weighted by Gasteiger charge is 2.17. The lowest BCUT2D eigenvalue weighted by atomic mass is 9.92. The minimum absolute atomic E-state index is 0.484. The van der Waals surface area contributed by atoms with Crippen molar-refractivity contribution in [2.45, 2.75) is 25.8 Å². The van der Waals surface area contributed by atoms with Crippen LogP contribution < -0.4 is 10.6 Å². The number of hydrogen-bond acceptors (Lipinski definition) is 2. The molecule has 0 bridgehead atoms. The molecule has 0 unspecified atom stereocenters. The van der Waals surface area contributed by atoms with E-state index in [1.807, 2.05) is 0 Å². The quantitative estimate of drug-likeness (QED) is 0.770. The summed E-state index contributed by atoms with van der Waals surface area (Å²) in [7, 11) is 0. The second-order valence-electron chi connectivity index (χ2n) is 4.49. The van der Waals surface area contributed by atoms with Gasteiger partial charge in [0.25, 0.3) is 0 Å². The molecule has 0 radical (unpaired) electrons. The van der Waals surface area contributed by atoms with E-state index >= 15 is 0 Å². The van der Waals surface area contributed by atoms with Gasteiger partial charge < -0.3 is 10.6 Å². The molecule has 82 valence electrons. The van der Waals surface area contributed by atoms with Crippen LogP contribution in [0.25, 0.3) is 0 Å². The minimum atomic E-state index is 0.484. The molecule has 0 aromatic heterocycles. The van der Waals surface area contributed by atoms with E-state index in [1.54, 1.807) is 0 Å². The van der Waals surface area contributed by atoms with E-state index in [0.717, 1.165) is 19.6 Å². The Morgan fingerprint density at radius 2 is 2.00 bits per heavy atom. The Bertz CT molecular complexity index is 314. The van der Waals surface area contributed by atoms with Gasteiger partial charge in [0.05, 0.1) is 0 Å². The van der Waals surface area contributed by atoms with E-state index in [2.05, 4.69) is 48.7 Å². The molecule has 1 aromatic carbocycles. The predicted molar refractivity (Wildman–Crippen MR) is 64.1 cm³/mol. The van der Waals surface area contributed by atoms with Gasteiger partial charge in [0.15, 0.2) is 0 Å². The second-order valence-corrected chi connectivity index (χ2v) is 4.49. The van der Waals surface area contributed by atoms with Crippen molar-refractivity contribution in [3.63, 3.8) is 0 Å². The van der Waals surface area contributed by atoms with E-state index < -0.39 is 0 Å². The zero-order valence-electron chi connectivity index (χ0n) is 9.59. The average molecular weight is 204 g/mol. The van der Waals surface area contributed by atoms with Crippen LogP contribution in [0.15, 0.2) is 24.3 Å². The average Bonchev–Trinajstić information content (AvgIpc) is 2.30. The van der Waals surface area contributed by atoms with Crippen molar-refractivity contribution in [3.8, 4) is 0 Å². The van der Waals surface area contributed by atoms with Crippen molar-refractivity contribution < 1.29 is 0 Å². The summed E-state index contributed by atoms with van der Waals surface area (Å²) in [6.45, 7) is 7.71. The molecule has 1 heterocycles. The summed E-state index contributed by atoms with van der Waals surface area (Å²) in [4.78, 5) is 0. The standard InChI is InChI=1S/C13H20N2/c1-10(2)11-5-3-4-6-12(11)13-9-14-7-8-15-13/h3-6,10,13-15H,7-9H2,1-2H3/t13-/m1/s1.